The van der Waals surface area contributed by atoms with Crippen LogP contribution in [0.4, 0.5) is 0 Å². The van der Waals surface area contributed by atoms with E-state index in [1.807, 2.05) is 73.7 Å². The van der Waals surface area contributed by atoms with E-state index in [9.17, 15) is 9.59 Å². The van der Waals surface area contributed by atoms with Crippen molar-refractivity contribution in [1.29, 1.82) is 0 Å². The third-order valence-electron chi connectivity index (χ3n) is 7.38. The first-order valence-corrected chi connectivity index (χ1v) is 14.6. The minimum atomic E-state index is -0.116. The molecule has 3 aromatic rings. The molecule has 214 valence electrons. The fraction of sp³-hybridized carbons (Fsp3) is 0.455. The second kappa shape index (κ2) is 15.4. The van der Waals surface area contributed by atoms with Crippen LogP contribution in [0, 0.1) is 6.92 Å². The molecule has 4 rings (SSSR count). The van der Waals surface area contributed by atoms with Crippen LogP contribution < -0.4 is 0 Å². The number of aryl methyl sites for hydroxylation is 2. The molecule has 0 aliphatic carbocycles. The van der Waals surface area contributed by atoms with Gasteiger partial charge in [0.2, 0.25) is 5.91 Å². The lowest BCUT2D eigenvalue weighted by Crippen LogP contribution is -2.47. The standard InChI is InChI=1S/C33H43N3O4/c1-3-4-6-9-28-13-15-30(16-14-28)33(38)35(19-18-34-20-22-39-23-21-34)26-32(37)36(24-29-10-7-5-8-11-29)25-31-17-12-27(2)40-31/h5,7-8,10-17H,3-4,6,9,18-26H2,1-2H3. The van der Waals surface area contributed by atoms with Gasteiger partial charge in [-0.05, 0) is 55.2 Å². The van der Waals surface area contributed by atoms with E-state index in [4.69, 9.17) is 9.15 Å². The van der Waals surface area contributed by atoms with Gasteiger partial charge in [-0.15, -0.1) is 0 Å². The van der Waals surface area contributed by atoms with E-state index < -0.39 is 0 Å². The minimum absolute atomic E-state index is 0.00789. The van der Waals surface area contributed by atoms with Crippen molar-refractivity contribution in [2.24, 2.45) is 0 Å². The van der Waals surface area contributed by atoms with Crippen molar-refractivity contribution in [1.82, 2.24) is 14.7 Å². The molecule has 0 bridgehead atoms. The highest BCUT2D eigenvalue weighted by atomic mass is 16.5. The largest absolute Gasteiger partial charge is 0.464 e. The number of benzene rings is 2. The first-order chi connectivity index (χ1) is 19.5. The molecule has 1 saturated heterocycles. The molecule has 1 fully saturated rings. The van der Waals surface area contributed by atoms with Gasteiger partial charge in [0.05, 0.1) is 19.8 Å². The van der Waals surface area contributed by atoms with Gasteiger partial charge >= 0.3 is 0 Å². The molecule has 0 saturated carbocycles. The summed E-state index contributed by atoms with van der Waals surface area (Å²) in [6.45, 7) is 9.12. The average Bonchev–Trinajstić information content (AvgIpc) is 3.40. The molecule has 0 unspecified atom stereocenters. The Morgan fingerprint density at radius 1 is 0.850 bits per heavy atom. The summed E-state index contributed by atoms with van der Waals surface area (Å²) >= 11 is 0. The summed E-state index contributed by atoms with van der Waals surface area (Å²) in [5.41, 5.74) is 2.89. The monoisotopic (exact) mass is 545 g/mol. The van der Waals surface area contributed by atoms with Gasteiger partial charge in [0, 0.05) is 38.3 Å². The summed E-state index contributed by atoms with van der Waals surface area (Å²) in [6.07, 6.45) is 4.55. The minimum Gasteiger partial charge on any atom is -0.464 e. The van der Waals surface area contributed by atoms with Crippen LogP contribution in [0.3, 0.4) is 0 Å². The van der Waals surface area contributed by atoms with E-state index in [1.165, 1.54) is 18.4 Å². The number of hydrogen-bond donors (Lipinski definition) is 0. The molecule has 7 nitrogen and oxygen atoms in total. The van der Waals surface area contributed by atoms with Gasteiger partial charge in [0.25, 0.3) is 5.91 Å². The molecule has 0 N–H and O–H groups in total. The Morgan fingerprint density at radius 3 is 2.27 bits per heavy atom. The summed E-state index contributed by atoms with van der Waals surface area (Å²) in [4.78, 5) is 33.3. The van der Waals surface area contributed by atoms with Crippen molar-refractivity contribution in [3.8, 4) is 0 Å². The molecule has 0 spiro atoms. The maximum Gasteiger partial charge on any atom is 0.254 e. The molecule has 2 amide bonds. The van der Waals surface area contributed by atoms with Crippen LogP contribution in [0.5, 0.6) is 0 Å². The number of carbonyl (C=O) groups is 2. The quantitative estimate of drug-likeness (QED) is 0.257. The van der Waals surface area contributed by atoms with Crippen LogP contribution in [-0.4, -0.2) is 72.5 Å². The van der Waals surface area contributed by atoms with Gasteiger partial charge in [0.15, 0.2) is 0 Å². The number of rotatable bonds is 14. The molecule has 1 aliphatic heterocycles. The highest BCUT2D eigenvalue weighted by Crippen LogP contribution is 2.16. The molecule has 2 heterocycles. The van der Waals surface area contributed by atoms with Crippen molar-refractivity contribution < 1.29 is 18.7 Å². The number of nitrogens with zero attached hydrogens (tertiary/aromatic N) is 3. The second-order valence-corrected chi connectivity index (χ2v) is 10.6. The number of carbonyl (C=O) groups excluding carboxylic acids is 2. The van der Waals surface area contributed by atoms with Crippen LogP contribution in [0.1, 0.15) is 59.2 Å². The normalized spacial score (nSPS) is 13.8. The van der Waals surface area contributed by atoms with Gasteiger partial charge in [0.1, 0.15) is 18.1 Å². The predicted octanol–water partition coefficient (Wildman–Crippen LogP) is 5.32. The first-order valence-electron chi connectivity index (χ1n) is 14.6. The number of morpholine rings is 1. The van der Waals surface area contributed by atoms with Crippen LogP contribution in [0.15, 0.2) is 71.1 Å². The number of unbranched alkanes of at least 4 members (excludes halogenated alkanes) is 2. The SMILES string of the molecule is CCCCCc1ccc(C(=O)N(CCN2CCOCC2)CC(=O)N(Cc2ccccc2)Cc2ccc(C)o2)cc1. The molecular weight excluding hydrogens is 502 g/mol. The Kier molecular flexibility index (Phi) is 11.4. The summed E-state index contributed by atoms with van der Waals surface area (Å²) in [7, 11) is 0. The van der Waals surface area contributed by atoms with Gasteiger partial charge < -0.3 is 19.0 Å². The van der Waals surface area contributed by atoms with Crippen molar-refractivity contribution in [3.63, 3.8) is 0 Å². The Balaban J connectivity index is 1.50. The highest BCUT2D eigenvalue weighted by Gasteiger charge is 2.24. The van der Waals surface area contributed by atoms with E-state index in [1.54, 1.807) is 9.80 Å². The highest BCUT2D eigenvalue weighted by molar-refractivity contribution is 5.96. The smallest absolute Gasteiger partial charge is 0.254 e. The maximum absolute atomic E-state index is 13.8. The Labute approximate surface area is 238 Å². The van der Waals surface area contributed by atoms with Crippen molar-refractivity contribution in [2.45, 2.75) is 52.6 Å². The number of hydrogen-bond acceptors (Lipinski definition) is 5. The van der Waals surface area contributed by atoms with Gasteiger partial charge in [-0.1, -0.05) is 62.2 Å². The summed E-state index contributed by atoms with van der Waals surface area (Å²) in [5, 5.41) is 0. The average molecular weight is 546 g/mol. The lowest BCUT2D eigenvalue weighted by molar-refractivity contribution is -0.133. The molecule has 40 heavy (non-hydrogen) atoms. The Hall–Kier alpha value is -3.42. The summed E-state index contributed by atoms with van der Waals surface area (Å²) < 4.78 is 11.3. The molecule has 1 aliphatic rings. The molecule has 0 radical (unpaired) electrons. The van der Waals surface area contributed by atoms with Crippen LogP contribution in [-0.2, 0) is 29.0 Å². The van der Waals surface area contributed by atoms with Crippen molar-refractivity contribution in [3.05, 3.63) is 94.9 Å². The zero-order valence-electron chi connectivity index (χ0n) is 24.0. The maximum atomic E-state index is 13.8. The van der Waals surface area contributed by atoms with E-state index >= 15 is 0 Å². The van der Waals surface area contributed by atoms with Gasteiger partial charge in [-0.3, -0.25) is 14.5 Å². The molecule has 0 atom stereocenters. The second-order valence-electron chi connectivity index (χ2n) is 10.6. The molecule has 1 aromatic heterocycles. The fourth-order valence-electron chi connectivity index (χ4n) is 4.97. The Morgan fingerprint density at radius 2 is 1.60 bits per heavy atom. The van der Waals surface area contributed by atoms with E-state index in [2.05, 4.69) is 11.8 Å². The third kappa shape index (κ3) is 9.07. The molecule has 2 aromatic carbocycles. The van der Waals surface area contributed by atoms with Crippen LogP contribution >= 0.6 is 0 Å². The van der Waals surface area contributed by atoms with Gasteiger partial charge in [-0.25, -0.2) is 0 Å². The lowest BCUT2D eigenvalue weighted by Gasteiger charge is -2.31. The fourth-order valence-corrected chi connectivity index (χ4v) is 4.97. The Bertz CT molecular complexity index is 1190. The van der Waals surface area contributed by atoms with Crippen molar-refractivity contribution in [2.75, 3.05) is 45.9 Å². The zero-order valence-corrected chi connectivity index (χ0v) is 24.0. The third-order valence-corrected chi connectivity index (χ3v) is 7.38. The summed E-state index contributed by atoms with van der Waals surface area (Å²) in [5.74, 6) is 1.31. The molecule has 7 heteroatoms. The predicted molar refractivity (Wildman–Crippen MR) is 157 cm³/mol. The van der Waals surface area contributed by atoms with E-state index in [0.29, 0.717) is 45.0 Å². The summed E-state index contributed by atoms with van der Waals surface area (Å²) in [6, 6.07) is 21.7. The topological polar surface area (TPSA) is 66.2 Å². The van der Waals surface area contributed by atoms with Crippen LogP contribution in [0.25, 0.3) is 0 Å². The van der Waals surface area contributed by atoms with Crippen LogP contribution in [0.2, 0.25) is 0 Å². The lowest BCUT2D eigenvalue weighted by atomic mass is 10.0. The number of furan rings is 1. The van der Waals surface area contributed by atoms with E-state index in [0.717, 1.165) is 43.0 Å². The molecular formula is C33H43N3O4. The van der Waals surface area contributed by atoms with E-state index in [-0.39, 0.29) is 18.4 Å². The first kappa shape index (κ1) is 29.6. The number of amides is 2. The van der Waals surface area contributed by atoms with Gasteiger partial charge in [-0.2, -0.15) is 0 Å². The zero-order chi connectivity index (χ0) is 28.2. The number of ether oxygens (including phenoxy) is 1. The van der Waals surface area contributed by atoms with Crippen molar-refractivity contribution >= 4 is 11.8 Å².